The Balaban J connectivity index is 2.85. The van der Waals surface area contributed by atoms with E-state index in [-0.39, 0.29) is 0 Å². The molecule has 1 aromatic rings. The zero-order valence-corrected chi connectivity index (χ0v) is 7.90. The fourth-order valence-corrected chi connectivity index (χ4v) is 2.08. The molecule has 1 rings (SSSR count). The van der Waals surface area contributed by atoms with Gasteiger partial charge >= 0.3 is 0 Å². The summed E-state index contributed by atoms with van der Waals surface area (Å²) >= 11 is 1.62. The summed E-state index contributed by atoms with van der Waals surface area (Å²) in [6.07, 6.45) is 2.12. The maximum atomic E-state index is 8.63. The topological polar surface area (TPSA) is 49.8 Å². The maximum absolute atomic E-state index is 8.63. The van der Waals surface area contributed by atoms with Crippen molar-refractivity contribution in [2.24, 2.45) is 5.73 Å². The lowest BCUT2D eigenvalue weighted by molar-refractivity contribution is 0.863. The molecule has 0 saturated carbocycles. The number of thiophene rings is 1. The summed E-state index contributed by atoms with van der Waals surface area (Å²) in [5, 5.41) is 12.7. The smallest absolute Gasteiger partial charge is 0.119 e. The molecule has 3 heteroatoms. The van der Waals surface area contributed by atoms with Gasteiger partial charge in [-0.15, -0.1) is 0 Å². The van der Waals surface area contributed by atoms with Crippen molar-refractivity contribution in [1.82, 2.24) is 0 Å². The summed E-state index contributed by atoms with van der Waals surface area (Å²) in [7, 11) is 0. The highest BCUT2D eigenvalue weighted by atomic mass is 32.1. The third kappa shape index (κ3) is 1.84. The third-order valence-corrected chi connectivity index (χ3v) is 2.58. The van der Waals surface area contributed by atoms with E-state index in [2.05, 4.69) is 18.4 Å². The molecule has 0 aliphatic carbocycles. The predicted octanol–water partition coefficient (Wildman–Crippen LogP) is 2.22. The van der Waals surface area contributed by atoms with E-state index in [4.69, 9.17) is 11.0 Å². The van der Waals surface area contributed by atoms with Crippen LogP contribution in [0.2, 0.25) is 0 Å². The fourth-order valence-electron chi connectivity index (χ4n) is 1.15. The molecule has 1 aromatic heterocycles. The van der Waals surface area contributed by atoms with E-state index in [0.717, 1.165) is 18.4 Å². The summed E-state index contributed by atoms with van der Waals surface area (Å²) in [6, 6.07) is 1.60. The van der Waals surface area contributed by atoms with Gasteiger partial charge in [0.1, 0.15) is 6.04 Å². The van der Waals surface area contributed by atoms with Crippen LogP contribution >= 0.6 is 11.3 Å². The van der Waals surface area contributed by atoms with Gasteiger partial charge in [0.2, 0.25) is 0 Å². The Bertz CT molecular complexity index is 285. The Labute approximate surface area is 76.6 Å². The first kappa shape index (κ1) is 9.24. The molecule has 0 radical (unpaired) electrons. The Kier molecular flexibility index (Phi) is 3.27. The number of aryl methyl sites for hydroxylation is 1. The normalized spacial score (nSPS) is 12.4. The van der Waals surface area contributed by atoms with Crippen LogP contribution in [0, 0.1) is 11.3 Å². The van der Waals surface area contributed by atoms with Crippen LogP contribution in [0.25, 0.3) is 0 Å². The van der Waals surface area contributed by atoms with Gasteiger partial charge in [-0.3, -0.25) is 0 Å². The van der Waals surface area contributed by atoms with Crippen LogP contribution in [-0.2, 0) is 6.42 Å². The molecule has 2 N–H and O–H groups in total. The number of nitrogens with zero attached hydrogens (tertiary/aromatic N) is 1. The molecule has 0 aliphatic heterocycles. The largest absolute Gasteiger partial charge is 0.312 e. The Hall–Kier alpha value is -0.850. The number of nitrogens with two attached hydrogens (primary N) is 1. The van der Waals surface area contributed by atoms with Crippen LogP contribution in [-0.4, -0.2) is 0 Å². The van der Waals surface area contributed by atoms with Crippen LogP contribution < -0.4 is 5.73 Å². The number of hydrogen-bond donors (Lipinski definition) is 1. The van der Waals surface area contributed by atoms with Crippen molar-refractivity contribution in [2.75, 3.05) is 0 Å². The zero-order chi connectivity index (χ0) is 8.97. The van der Waals surface area contributed by atoms with E-state index >= 15 is 0 Å². The van der Waals surface area contributed by atoms with Crippen molar-refractivity contribution < 1.29 is 0 Å². The van der Waals surface area contributed by atoms with Gasteiger partial charge in [0.05, 0.1) is 6.07 Å². The quantitative estimate of drug-likeness (QED) is 0.775. The molecule has 1 atom stereocenters. The standard InChI is InChI=1S/C9H12N2S/c1-2-3-7-5-12-6-8(7)9(11)4-10/h5-6,9H,2-3,11H2,1H3. The molecule has 0 fully saturated rings. The highest BCUT2D eigenvalue weighted by Crippen LogP contribution is 2.21. The van der Waals surface area contributed by atoms with Crippen LogP contribution in [0.5, 0.6) is 0 Å². The monoisotopic (exact) mass is 180 g/mol. The highest BCUT2D eigenvalue weighted by Gasteiger charge is 2.09. The number of hydrogen-bond acceptors (Lipinski definition) is 3. The molecule has 0 saturated heterocycles. The van der Waals surface area contributed by atoms with Gasteiger partial charge in [0.25, 0.3) is 0 Å². The molecule has 1 heterocycles. The predicted molar refractivity (Wildman–Crippen MR) is 50.9 cm³/mol. The Morgan fingerprint density at radius 1 is 1.67 bits per heavy atom. The van der Waals surface area contributed by atoms with Crippen molar-refractivity contribution in [3.05, 3.63) is 21.9 Å². The fraction of sp³-hybridized carbons (Fsp3) is 0.444. The van der Waals surface area contributed by atoms with E-state index in [1.54, 1.807) is 11.3 Å². The second kappa shape index (κ2) is 4.24. The SMILES string of the molecule is CCCc1cscc1C(N)C#N. The molecule has 2 nitrogen and oxygen atoms in total. The lowest BCUT2D eigenvalue weighted by Gasteiger charge is -2.03. The molecule has 1 unspecified atom stereocenters. The molecule has 0 spiro atoms. The van der Waals surface area contributed by atoms with E-state index in [1.807, 2.05) is 5.38 Å². The van der Waals surface area contributed by atoms with Crippen molar-refractivity contribution in [1.29, 1.82) is 5.26 Å². The summed E-state index contributed by atoms with van der Waals surface area (Å²) in [5.74, 6) is 0. The first-order valence-electron chi connectivity index (χ1n) is 3.99. The molecule has 0 aromatic carbocycles. The van der Waals surface area contributed by atoms with Crippen LogP contribution in [0.3, 0.4) is 0 Å². The Morgan fingerprint density at radius 2 is 2.42 bits per heavy atom. The van der Waals surface area contributed by atoms with E-state index in [1.165, 1.54) is 5.56 Å². The van der Waals surface area contributed by atoms with Gasteiger partial charge in [0.15, 0.2) is 0 Å². The average molecular weight is 180 g/mol. The molecule has 64 valence electrons. The summed E-state index contributed by atoms with van der Waals surface area (Å²) in [4.78, 5) is 0. The molecule has 0 bridgehead atoms. The second-order valence-corrected chi connectivity index (χ2v) is 3.45. The lowest BCUT2D eigenvalue weighted by Crippen LogP contribution is -2.08. The maximum Gasteiger partial charge on any atom is 0.119 e. The van der Waals surface area contributed by atoms with E-state index < -0.39 is 6.04 Å². The van der Waals surface area contributed by atoms with Gasteiger partial charge in [-0.2, -0.15) is 16.6 Å². The lowest BCUT2D eigenvalue weighted by atomic mass is 10.0. The second-order valence-electron chi connectivity index (χ2n) is 2.71. The van der Waals surface area contributed by atoms with E-state index in [9.17, 15) is 0 Å². The highest BCUT2D eigenvalue weighted by molar-refractivity contribution is 7.08. The van der Waals surface area contributed by atoms with Gasteiger partial charge in [-0.25, -0.2) is 0 Å². The summed E-state index contributed by atoms with van der Waals surface area (Å²) < 4.78 is 0. The first-order valence-corrected chi connectivity index (χ1v) is 4.94. The average Bonchev–Trinajstić information content (AvgIpc) is 2.52. The molecule has 0 aliphatic rings. The first-order chi connectivity index (χ1) is 5.79. The van der Waals surface area contributed by atoms with Crippen molar-refractivity contribution in [2.45, 2.75) is 25.8 Å². The van der Waals surface area contributed by atoms with Crippen molar-refractivity contribution in [3.63, 3.8) is 0 Å². The van der Waals surface area contributed by atoms with Gasteiger partial charge in [-0.05, 0) is 28.3 Å². The molecular formula is C9H12N2S. The van der Waals surface area contributed by atoms with Gasteiger partial charge in [0, 0.05) is 0 Å². The number of nitriles is 1. The van der Waals surface area contributed by atoms with Crippen LogP contribution in [0.15, 0.2) is 10.8 Å². The van der Waals surface area contributed by atoms with Crippen LogP contribution in [0.4, 0.5) is 0 Å². The minimum absolute atomic E-state index is 0.446. The molecular weight excluding hydrogens is 168 g/mol. The van der Waals surface area contributed by atoms with Crippen molar-refractivity contribution in [3.8, 4) is 6.07 Å². The molecule has 0 amide bonds. The summed E-state index contributed by atoms with van der Waals surface area (Å²) in [5.41, 5.74) is 7.85. The molecule has 12 heavy (non-hydrogen) atoms. The minimum Gasteiger partial charge on any atom is -0.312 e. The van der Waals surface area contributed by atoms with Crippen molar-refractivity contribution >= 4 is 11.3 Å². The number of rotatable bonds is 3. The van der Waals surface area contributed by atoms with Crippen LogP contribution in [0.1, 0.15) is 30.5 Å². The third-order valence-electron chi connectivity index (χ3n) is 1.77. The minimum atomic E-state index is -0.446. The van der Waals surface area contributed by atoms with Gasteiger partial charge in [-0.1, -0.05) is 13.3 Å². The Morgan fingerprint density at radius 3 is 3.00 bits per heavy atom. The summed E-state index contributed by atoms with van der Waals surface area (Å²) in [6.45, 7) is 2.12. The zero-order valence-electron chi connectivity index (χ0n) is 7.08. The van der Waals surface area contributed by atoms with Gasteiger partial charge < -0.3 is 5.73 Å². The van der Waals surface area contributed by atoms with E-state index in [0.29, 0.717) is 0 Å².